The van der Waals surface area contributed by atoms with E-state index < -0.39 is 0 Å². The van der Waals surface area contributed by atoms with E-state index in [2.05, 4.69) is 23.7 Å². The number of rotatable bonds is 5. The maximum atomic E-state index is 5.80. The van der Waals surface area contributed by atoms with Crippen molar-refractivity contribution in [1.82, 2.24) is 4.90 Å². The van der Waals surface area contributed by atoms with Crippen molar-refractivity contribution in [2.24, 2.45) is 0 Å². The second-order valence-electron chi connectivity index (χ2n) is 4.96. The van der Waals surface area contributed by atoms with Crippen LogP contribution in [0.15, 0.2) is 24.3 Å². The van der Waals surface area contributed by atoms with E-state index in [0.717, 1.165) is 37.6 Å². The van der Waals surface area contributed by atoms with Gasteiger partial charge in [0.25, 0.3) is 0 Å². The van der Waals surface area contributed by atoms with Gasteiger partial charge in [0.2, 0.25) is 0 Å². The Morgan fingerprint density at radius 3 is 2.90 bits per heavy atom. The average Bonchev–Trinajstić information content (AvgIpc) is 2.54. The molecule has 2 rings (SSSR count). The van der Waals surface area contributed by atoms with Crippen molar-refractivity contribution in [2.75, 3.05) is 38.7 Å². The minimum absolute atomic E-state index is 0.155. The molecule has 0 amide bonds. The second-order valence-corrected chi connectivity index (χ2v) is 5.34. The van der Waals surface area contributed by atoms with Crippen molar-refractivity contribution in [2.45, 2.75) is 19.4 Å². The maximum Gasteiger partial charge on any atom is 0.119 e. The van der Waals surface area contributed by atoms with Crippen LogP contribution in [0.4, 0.5) is 0 Å². The van der Waals surface area contributed by atoms with Crippen LogP contribution >= 0.6 is 11.6 Å². The lowest BCUT2D eigenvalue weighted by molar-refractivity contribution is -0.0464. The van der Waals surface area contributed by atoms with Crippen LogP contribution in [-0.2, 0) is 4.74 Å². The number of hydrogen-bond donors (Lipinski definition) is 0. The Kier molecular flexibility index (Phi) is 6.88. The van der Waals surface area contributed by atoms with E-state index in [4.69, 9.17) is 21.1 Å². The Morgan fingerprint density at radius 1 is 1.38 bits per heavy atom. The van der Waals surface area contributed by atoms with E-state index in [9.17, 15) is 0 Å². The molecule has 1 unspecified atom stereocenters. The first kappa shape index (κ1) is 16.2. The fourth-order valence-corrected chi connectivity index (χ4v) is 2.30. The van der Waals surface area contributed by atoms with E-state index >= 15 is 0 Å². The highest BCUT2D eigenvalue weighted by Gasteiger charge is 2.19. The highest BCUT2D eigenvalue weighted by Crippen LogP contribution is 2.13. The van der Waals surface area contributed by atoms with Crippen molar-refractivity contribution in [3.05, 3.63) is 29.8 Å². The van der Waals surface area contributed by atoms with Gasteiger partial charge in [-0.3, -0.25) is 4.90 Å². The van der Waals surface area contributed by atoms with E-state index in [1.807, 2.05) is 24.3 Å². The van der Waals surface area contributed by atoms with Crippen molar-refractivity contribution in [3.8, 4) is 17.6 Å². The molecule has 0 saturated carbocycles. The quantitative estimate of drug-likeness (QED) is 0.617. The van der Waals surface area contributed by atoms with Gasteiger partial charge in [0, 0.05) is 31.0 Å². The van der Waals surface area contributed by atoms with Crippen LogP contribution in [0.5, 0.6) is 5.75 Å². The van der Waals surface area contributed by atoms with Crippen molar-refractivity contribution in [1.29, 1.82) is 0 Å². The van der Waals surface area contributed by atoms with Crippen LogP contribution in [0.2, 0.25) is 0 Å². The molecule has 1 fully saturated rings. The topological polar surface area (TPSA) is 21.7 Å². The minimum atomic E-state index is 0.155. The molecule has 0 radical (unpaired) electrons. The standard InChI is InChI=1S/C17H22ClNO2/c1-2-19-11-12-20-17(13-19)14-21-16-8-6-15(7-9-16)5-3-4-10-18/h6-9,17H,2,4,10-14H2,1H3. The third kappa shape index (κ3) is 5.59. The summed E-state index contributed by atoms with van der Waals surface area (Å²) >= 11 is 5.59. The lowest BCUT2D eigenvalue weighted by atomic mass is 10.2. The molecule has 1 heterocycles. The molecule has 1 saturated heterocycles. The van der Waals surface area contributed by atoms with Crippen LogP contribution in [0.1, 0.15) is 18.9 Å². The molecule has 114 valence electrons. The Balaban J connectivity index is 1.79. The maximum absolute atomic E-state index is 5.80. The number of morpholine rings is 1. The van der Waals surface area contributed by atoms with Gasteiger partial charge in [0.05, 0.1) is 6.61 Å². The Hall–Kier alpha value is -1.21. The normalized spacial score (nSPS) is 18.9. The fraction of sp³-hybridized carbons (Fsp3) is 0.529. The summed E-state index contributed by atoms with van der Waals surface area (Å²) in [6.07, 6.45) is 0.870. The number of benzene rings is 1. The van der Waals surface area contributed by atoms with E-state index in [1.165, 1.54) is 0 Å². The smallest absolute Gasteiger partial charge is 0.119 e. The number of ether oxygens (including phenoxy) is 2. The lowest BCUT2D eigenvalue weighted by Crippen LogP contribution is -2.44. The van der Waals surface area contributed by atoms with Crippen molar-refractivity contribution >= 4 is 11.6 Å². The highest BCUT2D eigenvalue weighted by atomic mass is 35.5. The molecule has 1 aromatic carbocycles. The molecule has 21 heavy (non-hydrogen) atoms. The Bertz CT molecular complexity index is 478. The number of likely N-dealkylation sites (N-methyl/N-ethyl adjacent to an activating group) is 1. The van der Waals surface area contributed by atoms with Crippen LogP contribution in [0.3, 0.4) is 0 Å². The monoisotopic (exact) mass is 307 g/mol. The SMILES string of the molecule is CCN1CCOC(COc2ccc(C#CCCCl)cc2)C1. The molecule has 0 spiro atoms. The van der Waals surface area contributed by atoms with E-state index in [0.29, 0.717) is 18.9 Å². The first-order valence-corrected chi connectivity index (χ1v) is 7.97. The van der Waals surface area contributed by atoms with E-state index in [-0.39, 0.29) is 6.10 Å². The van der Waals surface area contributed by atoms with Gasteiger partial charge < -0.3 is 9.47 Å². The molecular weight excluding hydrogens is 286 g/mol. The van der Waals surface area contributed by atoms with Crippen LogP contribution in [0, 0.1) is 11.8 Å². The van der Waals surface area contributed by atoms with Crippen molar-refractivity contribution in [3.63, 3.8) is 0 Å². The van der Waals surface area contributed by atoms with Gasteiger partial charge in [0.1, 0.15) is 18.5 Å². The van der Waals surface area contributed by atoms with Gasteiger partial charge >= 0.3 is 0 Å². The van der Waals surface area contributed by atoms with Gasteiger partial charge in [-0.05, 0) is 30.8 Å². The zero-order valence-corrected chi connectivity index (χ0v) is 13.2. The number of hydrogen-bond acceptors (Lipinski definition) is 3. The van der Waals surface area contributed by atoms with Crippen LogP contribution in [0.25, 0.3) is 0 Å². The molecule has 0 N–H and O–H groups in total. The van der Waals surface area contributed by atoms with Gasteiger partial charge in [-0.25, -0.2) is 0 Å². The molecule has 1 aliphatic rings. The van der Waals surface area contributed by atoms with E-state index in [1.54, 1.807) is 0 Å². The first-order chi connectivity index (χ1) is 10.3. The third-order valence-electron chi connectivity index (χ3n) is 3.41. The summed E-state index contributed by atoms with van der Waals surface area (Å²) in [5, 5.41) is 0. The molecule has 0 bridgehead atoms. The molecule has 1 atom stereocenters. The average molecular weight is 308 g/mol. The first-order valence-electron chi connectivity index (χ1n) is 7.43. The minimum Gasteiger partial charge on any atom is -0.491 e. The molecule has 1 aromatic rings. The summed E-state index contributed by atoms with van der Waals surface area (Å²) in [4.78, 5) is 2.38. The summed E-state index contributed by atoms with van der Waals surface area (Å²) < 4.78 is 11.5. The highest BCUT2D eigenvalue weighted by molar-refractivity contribution is 6.18. The fourth-order valence-electron chi connectivity index (χ4n) is 2.20. The van der Waals surface area contributed by atoms with Gasteiger partial charge in [-0.1, -0.05) is 18.8 Å². The number of halogens is 1. The summed E-state index contributed by atoms with van der Waals surface area (Å²) in [6.45, 7) is 6.58. The Morgan fingerprint density at radius 2 is 2.19 bits per heavy atom. The zero-order chi connectivity index (χ0) is 14.9. The van der Waals surface area contributed by atoms with Gasteiger partial charge in [-0.15, -0.1) is 11.6 Å². The molecule has 0 aliphatic carbocycles. The van der Waals surface area contributed by atoms with Crippen LogP contribution in [-0.4, -0.2) is 49.7 Å². The van der Waals surface area contributed by atoms with Gasteiger partial charge in [0.15, 0.2) is 0 Å². The van der Waals surface area contributed by atoms with Gasteiger partial charge in [-0.2, -0.15) is 0 Å². The number of nitrogens with zero attached hydrogens (tertiary/aromatic N) is 1. The summed E-state index contributed by atoms with van der Waals surface area (Å²) in [5.41, 5.74) is 0.985. The largest absolute Gasteiger partial charge is 0.491 e. The molecule has 1 aliphatic heterocycles. The molecule has 4 heteroatoms. The predicted octanol–water partition coefficient (Wildman–Crippen LogP) is 2.77. The molecule has 3 nitrogen and oxygen atoms in total. The second kappa shape index (κ2) is 8.94. The summed E-state index contributed by atoms with van der Waals surface area (Å²) in [5.74, 6) is 7.52. The predicted molar refractivity (Wildman–Crippen MR) is 86.0 cm³/mol. The zero-order valence-electron chi connectivity index (χ0n) is 12.5. The third-order valence-corrected chi connectivity index (χ3v) is 3.60. The number of alkyl halides is 1. The summed E-state index contributed by atoms with van der Waals surface area (Å²) in [6, 6.07) is 7.84. The van der Waals surface area contributed by atoms with Crippen molar-refractivity contribution < 1.29 is 9.47 Å². The lowest BCUT2D eigenvalue weighted by Gasteiger charge is -2.31. The summed E-state index contributed by atoms with van der Waals surface area (Å²) in [7, 11) is 0. The molecular formula is C17H22ClNO2. The van der Waals surface area contributed by atoms with Crippen LogP contribution < -0.4 is 4.74 Å². The Labute approximate surface area is 132 Å². The molecule has 0 aromatic heterocycles.